The lowest BCUT2D eigenvalue weighted by Gasteiger charge is -2.07. The largest absolute Gasteiger partial charge is 0.300 e. The molecule has 0 aliphatic carbocycles. The maximum Gasteiger partial charge on any atom is 0.0660 e. The molecule has 0 saturated carbocycles. The van der Waals surface area contributed by atoms with Crippen molar-refractivity contribution in [3.8, 4) is 12.3 Å². The van der Waals surface area contributed by atoms with Crippen LogP contribution in [0.25, 0.3) is 0 Å². The molecule has 0 amide bonds. The molecule has 0 saturated heterocycles. The molecular formula is C11H14N2. The van der Waals surface area contributed by atoms with Crippen LogP contribution in [0, 0.1) is 19.3 Å². The van der Waals surface area contributed by atoms with E-state index in [9.17, 15) is 0 Å². The zero-order valence-corrected chi connectivity index (χ0v) is 8.04. The van der Waals surface area contributed by atoms with Gasteiger partial charge in [0.05, 0.1) is 6.04 Å². The summed E-state index contributed by atoms with van der Waals surface area (Å²) in [6.45, 7) is 4.75. The summed E-state index contributed by atoms with van der Waals surface area (Å²) >= 11 is 0. The maximum atomic E-state index is 5.24. The topological polar surface area (TPSA) is 24.9 Å². The number of hydrogen-bond acceptors (Lipinski definition) is 2. The molecular weight excluding hydrogens is 160 g/mol. The predicted octanol–water partition coefficient (Wildman–Crippen LogP) is 1.50. The summed E-state index contributed by atoms with van der Waals surface area (Å²) in [5.41, 5.74) is 2.25. The van der Waals surface area contributed by atoms with Gasteiger partial charge in [0.25, 0.3) is 0 Å². The summed E-state index contributed by atoms with van der Waals surface area (Å²) < 4.78 is 0. The second-order valence-electron chi connectivity index (χ2n) is 3.07. The average molecular weight is 174 g/mol. The van der Waals surface area contributed by atoms with Gasteiger partial charge in [-0.05, 0) is 31.5 Å². The summed E-state index contributed by atoms with van der Waals surface area (Å²) in [6, 6.07) is 4.16. The van der Waals surface area contributed by atoms with Crippen LogP contribution in [0.15, 0.2) is 18.3 Å². The van der Waals surface area contributed by atoms with Gasteiger partial charge in [0.15, 0.2) is 0 Å². The van der Waals surface area contributed by atoms with Gasteiger partial charge >= 0.3 is 0 Å². The Balaban J connectivity index is 2.51. The van der Waals surface area contributed by atoms with Crippen LogP contribution in [0.5, 0.6) is 0 Å². The fourth-order valence-corrected chi connectivity index (χ4v) is 1.04. The minimum atomic E-state index is 0.119. The van der Waals surface area contributed by atoms with Gasteiger partial charge in [-0.1, -0.05) is 5.92 Å². The molecule has 1 atom stereocenters. The van der Waals surface area contributed by atoms with Crippen molar-refractivity contribution in [3.63, 3.8) is 0 Å². The van der Waals surface area contributed by atoms with Crippen LogP contribution < -0.4 is 5.32 Å². The molecule has 1 rings (SSSR count). The Morgan fingerprint density at radius 1 is 1.69 bits per heavy atom. The minimum Gasteiger partial charge on any atom is -0.300 e. The highest BCUT2D eigenvalue weighted by molar-refractivity contribution is 5.15. The Hall–Kier alpha value is -1.33. The van der Waals surface area contributed by atoms with Gasteiger partial charge in [0.2, 0.25) is 0 Å². The number of aryl methyl sites for hydroxylation is 1. The number of hydrogen-bond donors (Lipinski definition) is 1. The van der Waals surface area contributed by atoms with Gasteiger partial charge in [-0.2, -0.15) is 0 Å². The third-order valence-corrected chi connectivity index (χ3v) is 1.82. The van der Waals surface area contributed by atoms with E-state index in [0.29, 0.717) is 0 Å². The lowest BCUT2D eigenvalue weighted by atomic mass is 10.2. The van der Waals surface area contributed by atoms with Crippen LogP contribution >= 0.6 is 0 Å². The van der Waals surface area contributed by atoms with Crippen LogP contribution in [-0.4, -0.2) is 11.0 Å². The molecule has 2 nitrogen and oxygen atoms in total. The molecule has 0 aliphatic heterocycles. The first kappa shape index (κ1) is 9.76. The predicted molar refractivity (Wildman–Crippen MR) is 54.1 cm³/mol. The number of pyridine rings is 1. The van der Waals surface area contributed by atoms with Crippen molar-refractivity contribution in [2.75, 3.05) is 0 Å². The lowest BCUT2D eigenvalue weighted by Crippen LogP contribution is -2.23. The molecule has 68 valence electrons. The highest BCUT2D eigenvalue weighted by Crippen LogP contribution is 2.00. The number of nitrogens with zero attached hydrogens (tertiary/aromatic N) is 1. The quantitative estimate of drug-likeness (QED) is 0.702. The molecule has 0 aliphatic rings. The first-order valence-electron chi connectivity index (χ1n) is 4.33. The molecule has 2 heteroatoms. The molecule has 13 heavy (non-hydrogen) atoms. The smallest absolute Gasteiger partial charge is 0.0660 e. The summed E-state index contributed by atoms with van der Waals surface area (Å²) in [6.07, 6.45) is 7.05. The lowest BCUT2D eigenvalue weighted by molar-refractivity contribution is 0.647. The van der Waals surface area contributed by atoms with E-state index >= 15 is 0 Å². The Labute approximate surface area is 79.4 Å². The number of nitrogens with one attached hydrogen (secondary N) is 1. The molecule has 1 heterocycles. The number of rotatable bonds is 3. The van der Waals surface area contributed by atoms with Crippen LogP contribution in [-0.2, 0) is 6.54 Å². The zero-order chi connectivity index (χ0) is 9.68. The van der Waals surface area contributed by atoms with Gasteiger partial charge in [-0.25, -0.2) is 0 Å². The molecule has 1 unspecified atom stereocenters. The Morgan fingerprint density at radius 2 is 2.46 bits per heavy atom. The molecule has 1 aromatic rings. The highest BCUT2D eigenvalue weighted by atomic mass is 14.9. The van der Waals surface area contributed by atoms with E-state index in [-0.39, 0.29) is 6.04 Å². The average Bonchev–Trinajstić information content (AvgIpc) is 2.14. The second kappa shape index (κ2) is 4.64. The summed E-state index contributed by atoms with van der Waals surface area (Å²) in [7, 11) is 0. The summed E-state index contributed by atoms with van der Waals surface area (Å²) in [5, 5.41) is 3.21. The van der Waals surface area contributed by atoms with Gasteiger partial charge in [-0.3, -0.25) is 10.3 Å². The van der Waals surface area contributed by atoms with Gasteiger partial charge in [-0.15, -0.1) is 6.42 Å². The van der Waals surface area contributed by atoms with Crippen molar-refractivity contribution < 1.29 is 0 Å². The van der Waals surface area contributed by atoms with Gasteiger partial charge < -0.3 is 0 Å². The van der Waals surface area contributed by atoms with Crippen molar-refractivity contribution in [3.05, 3.63) is 29.6 Å². The zero-order valence-electron chi connectivity index (χ0n) is 8.04. The fourth-order valence-electron chi connectivity index (χ4n) is 1.04. The van der Waals surface area contributed by atoms with Crippen molar-refractivity contribution in [1.29, 1.82) is 0 Å². The van der Waals surface area contributed by atoms with E-state index in [1.165, 1.54) is 5.56 Å². The molecule has 0 fully saturated rings. The summed E-state index contributed by atoms with van der Waals surface area (Å²) in [4.78, 5) is 4.12. The van der Waals surface area contributed by atoms with Crippen molar-refractivity contribution >= 4 is 0 Å². The fraction of sp³-hybridized carbons (Fsp3) is 0.364. The molecule has 1 N–H and O–H groups in total. The Morgan fingerprint density at radius 3 is 3.08 bits per heavy atom. The van der Waals surface area contributed by atoms with Crippen LogP contribution in [0.1, 0.15) is 18.2 Å². The summed E-state index contributed by atoms with van der Waals surface area (Å²) in [5.74, 6) is 2.62. The minimum absolute atomic E-state index is 0.119. The Kier molecular flexibility index (Phi) is 3.48. The van der Waals surface area contributed by atoms with Crippen LogP contribution in [0.4, 0.5) is 0 Å². The first-order chi connectivity index (χ1) is 6.22. The molecule has 0 radical (unpaired) electrons. The van der Waals surface area contributed by atoms with E-state index < -0.39 is 0 Å². The Bertz CT molecular complexity index is 312. The van der Waals surface area contributed by atoms with Crippen molar-refractivity contribution in [2.24, 2.45) is 0 Å². The van der Waals surface area contributed by atoms with Gasteiger partial charge in [0.1, 0.15) is 0 Å². The van der Waals surface area contributed by atoms with E-state index in [4.69, 9.17) is 6.42 Å². The number of terminal acetylenes is 1. The third-order valence-electron chi connectivity index (χ3n) is 1.82. The van der Waals surface area contributed by atoms with E-state index in [2.05, 4.69) is 22.3 Å². The molecule has 0 bridgehead atoms. The van der Waals surface area contributed by atoms with E-state index in [1.54, 1.807) is 0 Å². The monoisotopic (exact) mass is 174 g/mol. The third kappa shape index (κ3) is 3.27. The van der Waals surface area contributed by atoms with Crippen molar-refractivity contribution in [2.45, 2.75) is 26.4 Å². The second-order valence-corrected chi connectivity index (χ2v) is 3.07. The van der Waals surface area contributed by atoms with Crippen LogP contribution in [0.2, 0.25) is 0 Å². The standard InChI is InChI=1S/C11H14N2/c1-4-9(2)13-8-11-5-6-12-10(3)7-11/h1,5-7,9,13H,8H2,2-3H3. The number of aromatic nitrogens is 1. The van der Waals surface area contributed by atoms with E-state index in [0.717, 1.165) is 12.2 Å². The molecule has 1 aromatic heterocycles. The SMILES string of the molecule is C#CC(C)NCc1ccnc(C)c1. The maximum absolute atomic E-state index is 5.24. The first-order valence-corrected chi connectivity index (χ1v) is 4.33. The normalized spacial score (nSPS) is 12.1. The van der Waals surface area contributed by atoms with Crippen LogP contribution in [0.3, 0.4) is 0 Å². The van der Waals surface area contributed by atoms with Gasteiger partial charge in [0, 0.05) is 18.4 Å². The highest BCUT2D eigenvalue weighted by Gasteiger charge is 1.96. The molecule has 0 aromatic carbocycles. The van der Waals surface area contributed by atoms with Crippen molar-refractivity contribution in [1.82, 2.24) is 10.3 Å². The van der Waals surface area contributed by atoms with E-state index in [1.807, 2.05) is 26.1 Å². The molecule has 0 spiro atoms.